The minimum atomic E-state index is -1.18. The van der Waals surface area contributed by atoms with E-state index < -0.39 is 5.97 Å². The molecule has 4 heterocycles. The number of anilines is 3. The summed E-state index contributed by atoms with van der Waals surface area (Å²) in [5.41, 5.74) is 4.56. The number of nitriles is 1. The van der Waals surface area contributed by atoms with Crippen molar-refractivity contribution in [3.63, 3.8) is 0 Å². The van der Waals surface area contributed by atoms with Crippen LogP contribution in [-0.2, 0) is 7.05 Å². The number of carboxylic acids is 1. The van der Waals surface area contributed by atoms with Crippen molar-refractivity contribution in [2.45, 2.75) is 19.9 Å². The van der Waals surface area contributed by atoms with Gasteiger partial charge in [0.2, 0.25) is 0 Å². The molecule has 194 valence electrons. The number of pyridine rings is 1. The van der Waals surface area contributed by atoms with Gasteiger partial charge in [0.1, 0.15) is 11.2 Å². The topological polar surface area (TPSA) is 136 Å². The Morgan fingerprint density at radius 3 is 2.55 bits per heavy atom. The van der Waals surface area contributed by atoms with Crippen LogP contribution in [0.3, 0.4) is 0 Å². The fourth-order valence-corrected chi connectivity index (χ4v) is 4.87. The summed E-state index contributed by atoms with van der Waals surface area (Å²) in [6.07, 6.45) is 3.84. The number of aromatic carboxylic acids is 1. The van der Waals surface area contributed by atoms with Gasteiger partial charge in [0.15, 0.2) is 17.2 Å². The third kappa shape index (κ3) is 4.90. The van der Waals surface area contributed by atoms with Gasteiger partial charge in [-0.05, 0) is 37.6 Å². The number of fused-ring (bicyclic) bond motifs is 1. The van der Waals surface area contributed by atoms with Gasteiger partial charge in [-0.3, -0.25) is 4.68 Å². The number of piperazine rings is 1. The summed E-state index contributed by atoms with van der Waals surface area (Å²) < 4.78 is 1.78. The Bertz CT molecular complexity index is 1570. The number of nitrogens with zero attached hydrogens (tertiary/aromatic N) is 8. The average molecular weight is 532 g/mol. The van der Waals surface area contributed by atoms with E-state index in [2.05, 4.69) is 36.3 Å². The van der Waals surface area contributed by atoms with Crippen LogP contribution < -0.4 is 15.1 Å². The number of halogens is 1. The Morgan fingerprint density at radius 2 is 1.89 bits per heavy atom. The number of aromatic nitrogens is 5. The van der Waals surface area contributed by atoms with E-state index in [0.29, 0.717) is 35.6 Å². The quantitative estimate of drug-likeness (QED) is 0.353. The number of benzene rings is 1. The Hall–Kier alpha value is -4.43. The Kier molecular flexibility index (Phi) is 6.73. The summed E-state index contributed by atoms with van der Waals surface area (Å²) in [5.74, 6) is -0.634. The standard InChI is InChI=1S/C26H26ClN9O2/c1-15-10-18(16(2)30-19-4-5-22(27)32-24(19)26(37)38)23-20(11-15)31-21(12-28)25(33-23)36-8-6-35(7-9-36)17-13-29-34(3)14-17/h4-5,10-11,13-14,16,30H,6-9H2,1-3H3,(H,37,38)/t16-/m1/s1. The van der Waals surface area contributed by atoms with Crippen LogP contribution in [0.5, 0.6) is 0 Å². The molecule has 0 spiro atoms. The molecule has 1 saturated heterocycles. The first-order valence-corrected chi connectivity index (χ1v) is 12.5. The zero-order chi connectivity index (χ0) is 27.0. The second-order valence-electron chi connectivity index (χ2n) is 9.28. The van der Waals surface area contributed by atoms with Crippen molar-refractivity contribution in [3.8, 4) is 6.07 Å². The Balaban J connectivity index is 1.48. The fraction of sp³-hybridized carbons (Fsp3) is 0.308. The molecule has 2 N–H and O–H groups in total. The SMILES string of the molecule is Cc1cc([C@@H](C)Nc2ccc(Cl)nc2C(=O)O)c2nc(N3CCN(c4cnn(C)c4)CC3)c(C#N)nc2c1. The highest BCUT2D eigenvalue weighted by Gasteiger charge is 2.24. The van der Waals surface area contributed by atoms with Gasteiger partial charge in [-0.25, -0.2) is 19.7 Å². The molecule has 0 amide bonds. The van der Waals surface area contributed by atoms with Crippen molar-refractivity contribution in [2.24, 2.45) is 7.05 Å². The number of carbonyl (C=O) groups is 1. The lowest BCUT2D eigenvalue weighted by atomic mass is 10.0. The summed E-state index contributed by atoms with van der Waals surface area (Å²) in [6.45, 7) is 6.74. The maximum absolute atomic E-state index is 11.7. The monoisotopic (exact) mass is 531 g/mol. The number of hydrogen-bond acceptors (Lipinski definition) is 9. The zero-order valence-electron chi connectivity index (χ0n) is 21.2. The highest BCUT2D eigenvalue weighted by Crippen LogP contribution is 2.31. The van der Waals surface area contributed by atoms with E-state index in [9.17, 15) is 15.2 Å². The largest absolute Gasteiger partial charge is 0.476 e. The van der Waals surface area contributed by atoms with Crippen LogP contribution in [-0.4, -0.2) is 62.0 Å². The summed E-state index contributed by atoms with van der Waals surface area (Å²) in [6, 6.07) is 8.92. The van der Waals surface area contributed by atoms with Gasteiger partial charge < -0.3 is 20.2 Å². The lowest BCUT2D eigenvalue weighted by molar-refractivity contribution is 0.0691. The highest BCUT2D eigenvalue weighted by atomic mass is 35.5. The van der Waals surface area contributed by atoms with Gasteiger partial charge in [0.25, 0.3) is 0 Å². The van der Waals surface area contributed by atoms with Crippen LogP contribution in [0, 0.1) is 18.3 Å². The molecule has 4 aromatic rings. The van der Waals surface area contributed by atoms with Gasteiger partial charge in [-0.2, -0.15) is 10.4 Å². The van der Waals surface area contributed by atoms with E-state index in [4.69, 9.17) is 16.6 Å². The second kappa shape index (κ2) is 10.1. The number of aryl methyl sites for hydroxylation is 2. The molecule has 0 bridgehead atoms. The lowest BCUT2D eigenvalue weighted by Crippen LogP contribution is -2.47. The van der Waals surface area contributed by atoms with E-state index in [-0.39, 0.29) is 22.6 Å². The van der Waals surface area contributed by atoms with Crippen molar-refractivity contribution >= 4 is 45.8 Å². The van der Waals surface area contributed by atoms with Crippen LogP contribution in [0.2, 0.25) is 5.15 Å². The summed E-state index contributed by atoms with van der Waals surface area (Å²) in [7, 11) is 1.89. The molecule has 1 aliphatic rings. The summed E-state index contributed by atoms with van der Waals surface area (Å²) in [5, 5.41) is 27.1. The predicted octanol–water partition coefficient (Wildman–Crippen LogP) is 3.79. The summed E-state index contributed by atoms with van der Waals surface area (Å²) >= 11 is 5.92. The minimum Gasteiger partial charge on any atom is -0.476 e. The third-order valence-electron chi connectivity index (χ3n) is 6.57. The van der Waals surface area contributed by atoms with E-state index in [1.54, 1.807) is 16.8 Å². The maximum Gasteiger partial charge on any atom is 0.356 e. The van der Waals surface area contributed by atoms with E-state index in [1.165, 1.54) is 0 Å². The second-order valence-corrected chi connectivity index (χ2v) is 9.66. The van der Waals surface area contributed by atoms with Crippen LogP contribution in [0.1, 0.15) is 40.3 Å². The van der Waals surface area contributed by atoms with Gasteiger partial charge in [-0.1, -0.05) is 17.7 Å². The molecule has 11 nitrogen and oxygen atoms in total. The summed E-state index contributed by atoms with van der Waals surface area (Å²) in [4.78, 5) is 29.7. The van der Waals surface area contributed by atoms with Gasteiger partial charge in [0.05, 0.1) is 34.6 Å². The highest BCUT2D eigenvalue weighted by molar-refractivity contribution is 6.29. The number of nitrogens with one attached hydrogen (secondary N) is 1. The smallest absolute Gasteiger partial charge is 0.356 e. The first-order chi connectivity index (χ1) is 18.2. The molecule has 1 atom stereocenters. The van der Waals surface area contributed by atoms with Crippen molar-refractivity contribution in [3.05, 3.63) is 64.3 Å². The fourth-order valence-electron chi connectivity index (χ4n) is 4.72. The molecular weight excluding hydrogens is 506 g/mol. The first kappa shape index (κ1) is 25.2. The molecule has 12 heteroatoms. The lowest BCUT2D eigenvalue weighted by Gasteiger charge is -2.36. The number of carboxylic acid groups (broad SMARTS) is 1. The van der Waals surface area contributed by atoms with Crippen LogP contribution in [0.25, 0.3) is 11.0 Å². The zero-order valence-corrected chi connectivity index (χ0v) is 21.9. The minimum absolute atomic E-state index is 0.102. The Morgan fingerprint density at radius 1 is 1.16 bits per heavy atom. The number of hydrogen-bond donors (Lipinski definition) is 2. The molecule has 1 aliphatic heterocycles. The molecular formula is C26H26ClN9O2. The molecule has 1 fully saturated rings. The van der Waals surface area contributed by atoms with Crippen molar-refractivity contribution in [1.29, 1.82) is 5.26 Å². The average Bonchev–Trinajstić information content (AvgIpc) is 3.34. The molecule has 0 radical (unpaired) electrons. The molecule has 3 aromatic heterocycles. The Labute approximate surface area is 224 Å². The van der Waals surface area contributed by atoms with Crippen LogP contribution >= 0.6 is 11.6 Å². The normalized spacial score (nSPS) is 14.4. The van der Waals surface area contributed by atoms with E-state index >= 15 is 0 Å². The van der Waals surface area contributed by atoms with Crippen molar-refractivity contribution < 1.29 is 9.90 Å². The van der Waals surface area contributed by atoms with Gasteiger partial charge in [0, 0.05) is 45.0 Å². The van der Waals surface area contributed by atoms with Crippen LogP contribution in [0.15, 0.2) is 36.7 Å². The van der Waals surface area contributed by atoms with Crippen molar-refractivity contribution in [1.82, 2.24) is 24.7 Å². The van der Waals surface area contributed by atoms with Crippen LogP contribution in [0.4, 0.5) is 17.2 Å². The number of rotatable bonds is 6. The van der Waals surface area contributed by atoms with Crippen molar-refractivity contribution in [2.75, 3.05) is 41.3 Å². The molecule has 0 aliphatic carbocycles. The predicted molar refractivity (Wildman–Crippen MR) is 145 cm³/mol. The van der Waals surface area contributed by atoms with E-state index in [1.807, 2.05) is 45.4 Å². The first-order valence-electron chi connectivity index (χ1n) is 12.1. The molecule has 5 rings (SSSR count). The van der Waals surface area contributed by atoms with Gasteiger partial charge >= 0.3 is 5.97 Å². The third-order valence-corrected chi connectivity index (χ3v) is 6.78. The molecule has 0 unspecified atom stereocenters. The molecule has 0 saturated carbocycles. The van der Waals surface area contributed by atoms with E-state index in [0.717, 1.165) is 29.9 Å². The maximum atomic E-state index is 11.7. The van der Waals surface area contributed by atoms with Gasteiger partial charge in [-0.15, -0.1) is 0 Å². The molecule has 38 heavy (non-hydrogen) atoms. The molecule has 1 aromatic carbocycles.